The first kappa shape index (κ1) is 23.4. The van der Waals surface area contributed by atoms with E-state index < -0.39 is 5.91 Å². The molecule has 0 fully saturated rings. The van der Waals surface area contributed by atoms with Gasteiger partial charge in [0.25, 0.3) is 5.91 Å². The quantitative estimate of drug-likeness (QED) is 0.262. The molecule has 3 aromatic heterocycles. The molecule has 0 aliphatic heterocycles. The largest absolute Gasteiger partial charge is 0.451 e. The molecule has 0 bridgehead atoms. The number of carbonyl (C=O) groups excluding carboxylic acids is 1. The van der Waals surface area contributed by atoms with Crippen molar-refractivity contribution < 1.29 is 9.21 Å². The van der Waals surface area contributed by atoms with Gasteiger partial charge >= 0.3 is 0 Å². The van der Waals surface area contributed by atoms with Gasteiger partial charge in [-0.15, -0.1) is 10.2 Å². The van der Waals surface area contributed by atoms with Crippen LogP contribution in [0.3, 0.4) is 0 Å². The molecule has 3 heterocycles. The molecule has 0 atom stereocenters. The Kier molecular flexibility index (Phi) is 6.28. The molecule has 0 radical (unpaired) electrons. The van der Waals surface area contributed by atoms with Crippen LogP contribution in [-0.4, -0.2) is 30.8 Å². The summed E-state index contributed by atoms with van der Waals surface area (Å²) in [6.45, 7) is 3.79. The fraction of sp³-hybridized carbons (Fsp3) is 0.0870. The smallest absolute Gasteiger partial charge is 0.293 e. The molecule has 35 heavy (non-hydrogen) atoms. The number of benzene rings is 2. The Morgan fingerprint density at radius 3 is 2.71 bits per heavy atom. The Hall–Kier alpha value is -3.31. The van der Waals surface area contributed by atoms with Gasteiger partial charge in [0.2, 0.25) is 4.96 Å². The monoisotopic (exact) mass is 542 g/mol. The summed E-state index contributed by atoms with van der Waals surface area (Å²) in [5.74, 6) is 0.758. The van der Waals surface area contributed by atoms with Gasteiger partial charge in [0, 0.05) is 16.8 Å². The number of hydrogen-bond donors (Lipinski definition) is 2. The molecule has 0 saturated heterocycles. The van der Waals surface area contributed by atoms with E-state index in [2.05, 4.69) is 25.9 Å². The summed E-state index contributed by atoms with van der Waals surface area (Å²) in [6, 6.07) is 14.2. The standard InChI is InChI=1S/C23H16Cl2N6O2S2/c1-11-10-13(21-30-31-12(2)28-29-23(31)35-21)6-7-16(11)26-22(34)27-20(32)18-9-8-17(33-18)14-4-3-5-15(24)19(14)25/h3-10H,1-2H3,(H2,26,27,32,34). The normalized spacial score (nSPS) is 11.1. The summed E-state index contributed by atoms with van der Waals surface area (Å²) in [4.78, 5) is 13.4. The number of carbonyl (C=O) groups is 1. The number of amides is 1. The molecule has 5 aromatic rings. The van der Waals surface area contributed by atoms with Crippen LogP contribution in [0.5, 0.6) is 0 Å². The van der Waals surface area contributed by atoms with Crippen molar-refractivity contribution in [2.45, 2.75) is 13.8 Å². The molecule has 8 nitrogen and oxygen atoms in total. The first-order valence-corrected chi connectivity index (χ1v) is 12.2. The summed E-state index contributed by atoms with van der Waals surface area (Å²) in [5, 5.41) is 20.1. The number of aromatic nitrogens is 4. The maximum Gasteiger partial charge on any atom is 0.293 e. The predicted molar refractivity (Wildman–Crippen MR) is 141 cm³/mol. The highest BCUT2D eigenvalue weighted by Crippen LogP contribution is 2.34. The first-order chi connectivity index (χ1) is 16.8. The second kappa shape index (κ2) is 9.38. The number of halogens is 2. The Morgan fingerprint density at radius 1 is 1.11 bits per heavy atom. The van der Waals surface area contributed by atoms with Gasteiger partial charge in [0.05, 0.1) is 10.0 Å². The van der Waals surface area contributed by atoms with Gasteiger partial charge in [-0.1, -0.05) is 40.6 Å². The van der Waals surface area contributed by atoms with Crippen molar-refractivity contribution in [2.24, 2.45) is 0 Å². The van der Waals surface area contributed by atoms with E-state index in [0.717, 1.165) is 32.6 Å². The van der Waals surface area contributed by atoms with E-state index in [1.165, 1.54) is 11.3 Å². The number of rotatable bonds is 4. The number of furan rings is 1. The minimum Gasteiger partial charge on any atom is -0.451 e. The minimum absolute atomic E-state index is 0.0887. The van der Waals surface area contributed by atoms with Crippen molar-refractivity contribution in [3.63, 3.8) is 0 Å². The zero-order chi connectivity index (χ0) is 24.7. The van der Waals surface area contributed by atoms with Crippen LogP contribution in [0.25, 0.3) is 26.9 Å². The highest BCUT2D eigenvalue weighted by atomic mass is 35.5. The number of anilines is 1. The Morgan fingerprint density at radius 2 is 1.94 bits per heavy atom. The van der Waals surface area contributed by atoms with Crippen LogP contribution in [0, 0.1) is 13.8 Å². The summed E-state index contributed by atoms with van der Waals surface area (Å²) in [5.41, 5.74) is 3.22. The van der Waals surface area contributed by atoms with E-state index in [4.69, 9.17) is 39.8 Å². The van der Waals surface area contributed by atoms with E-state index in [1.54, 1.807) is 34.8 Å². The number of thiocarbonyl (C=S) groups is 1. The van der Waals surface area contributed by atoms with Gasteiger partial charge in [-0.05, 0) is 74.1 Å². The highest BCUT2D eigenvalue weighted by molar-refractivity contribution is 7.80. The van der Waals surface area contributed by atoms with E-state index in [0.29, 0.717) is 21.4 Å². The maximum atomic E-state index is 12.6. The van der Waals surface area contributed by atoms with Crippen LogP contribution in [0.4, 0.5) is 5.69 Å². The Balaban J connectivity index is 1.26. The van der Waals surface area contributed by atoms with Gasteiger partial charge in [-0.3, -0.25) is 10.1 Å². The van der Waals surface area contributed by atoms with Crippen LogP contribution in [0.15, 0.2) is 52.9 Å². The fourth-order valence-corrected chi connectivity index (χ4v) is 4.86. The van der Waals surface area contributed by atoms with Crippen LogP contribution < -0.4 is 10.6 Å². The molecule has 2 aromatic carbocycles. The second-order valence-electron chi connectivity index (χ2n) is 7.55. The van der Waals surface area contributed by atoms with Crippen molar-refractivity contribution in [1.29, 1.82) is 0 Å². The van der Waals surface area contributed by atoms with Crippen LogP contribution in [0.1, 0.15) is 21.9 Å². The van der Waals surface area contributed by atoms with Gasteiger partial charge in [-0.2, -0.15) is 9.61 Å². The number of hydrogen-bond acceptors (Lipinski definition) is 7. The van der Waals surface area contributed by atoms with Crippen LogP contribution >= 0.6 is 46.8 Å². The molecule has 12 heteroatoms. The number of aryl methyl sites for hydroxylation is 2. The van der Waals surface area contributed by atoms with E-state index >= 15 is 0 Å². The summed E-state index contributed by atoms with van der Waals surface area (Å²) < 4.78 is 7.39. The third-order valence-electron chi connectivity index (χ3n) is 5.14. The molecule has 176 valence electrons. The third kappa shape index (κ3) is 4.65. The number of nitrogens with zero attached hydrogens (tertiary/aromatic N) is 4. The van der Waals surface area contributed by atoms with Gasteiger partial charge < -0.3 is 9.73 Å². The lowest BCUT2D eigenvalue weighted by Gasteiger charge is -2.12. The number of nitrogens with one attached hydrogen (secondary N) is 2. The molecule has 5 rings (SSSR count). The minimum atomic E-state index is -0.490. The molecule has 2 N–H and O–H groups in total. The molecule has 0 aliphatic rings. The van der Waals surface area contributed by atoms with Gasteiger partial charge in [-0.25, -0.2) is 0 Å². The van der Waals surface area contributed by atoms with Crippen molar-refractivity contribution in [3.8, 4) is 21.9 Å². The van der Waals surface area contributed by atoms with Crippen LogP contribution in [0.2, 0.25) is 10.0 Å². The molecular weight excluding hydrogens is 527 g/mol. The maximum absolute atomic E-state index is 12.6. The molecule has 0 aliphatic carbocycles. The Labute approximate surface area is 218 Å². The SMILES string of the molecule is Cc1cc(-c2nn3c(C)nnc3s2)ccc1NC(=S)NC(=O)c1ccc(-c2cccc(Cl)c2Cl)o1. The van der Waals surface area contributed by atoms with Crippen LogP contribution in [-0.2, 0) is 0 Å². The van der Waals surface area contributed by atoms with E-state index in [1.807, 2.05) is 32.0 Å². The zero-order valence-corrected chi connectivity index (χ0v) is 21.4. The van der Waals surface area contributed by atoms with Gasteiger partial charge in [0.15, 0.2) is 16.7 Å². The number of fused-ring (bicyclic) bond motifs is 1. The lowest BCUT2D eigenvalue weighted by molar-refractivity contribution is 0.0951. The average molecular weight is 543 g/mol. The van der Waals surface area contributed by atoms with Crippen molar-refractivity contribution in [1.82, 2.24) is 25.1 Å². The summed E-state index contributed by atoms with van der Waals surface area (Å²) in [6.07, 6.45) is 0. The fourth-order valence-electron chi connectivity index (χ4n) is 3.39. The second-order valence-corrected chi connectivity index (χ2v) is 9.70. The molecule has 1 amide bonds. The van der Waals surface area contributed by atoms with Crippen molar-refractivity contribution in [3.05, 3.63) is 75.7 Å². The van der Waals surface area contributed by atoms with Crippen molar-refractivity contribution in [2.75, 3.05) is 5.32 Å². The third-order valence-corrected chi connectivity index (χ3v) is 7.11. The summed E-state index contributed by atoms with van der Waals surface area (Å²) in [7, 11) is 0. The topological polar surface area (TPSA) is 97.4 Å². The molecule has 0 spiro atoms. The molecular formula is C23H16Cl2N6O2S2. The average Bonchev–Trinajstić information content (AvgIpc) is 3.55. The lowest BCUT2D eigenvalue weighted by Crippen LogP contribution is -2.34. The first-order valence-electron chi connectivity index (χ1n) is 10.3. The lowest BCUT2D eigenvalue weighted by atomic mass is 10.1. The van der Waals surface area contributed by atoms with E-state index in [-0.39, 0.29) is 10.9 Å². The molecule has 0 saturated carbocycles. The van der Waals surface area contributed by atoms with Crippen molar-refractivity contribution >= 4 is 68.4 Å². The summed E-state index contributed by atoms with van der Waals surface area (Å²) >= 11 is 19.1. The molecule has 0 unspecified atom stereocenters. The highest BCUT2D eigenvalue weighted by Gasteiger charge is 2.17. The predicted octanol–water partition coefficient (Wildman–Crippen LogP) is 6.16. The van der Waals surface area contributed by atoms with E-state index in [9.17, 15) is 4.79 Å². The van der Waals surface area contributed by atoms with Gasteiger partial charge in [0.1, 0.15) is 10.8 Å². The zero-order valence-electron chi connectivity index (χ0n) is 18.3. The Bertz CT molecular complexity index is 1610.